The van der Waals surface area contributed by atoms with Gasteiger partial charge < -0.3 is 20.2 Å². The highest BCUT2D eigenvalue weighted by Gasteiger charge is 2.13. The SMILES string of the molecule is Cc1nc(NN)c(C)c(Nc2ccc3c(c2)OCCO3)n1. The van der Waals surface area contributed by atoms with E-state index < -0.39 is 0 Å². The number of hydrogen-bond donors (Lipinski definition) is 3. The van der Waals surface area contributed by atoms with Crippen molar-refractivity contribution < 1.29 is 9.47 Å². The molecule has 0 atom stereocenters. The third-order valence-electron chi connectivity index (χ3n) is 3.20. The minimum absolute atomic E-state index is 0.559. The number of ether oxygens (including phenoxy) is 2. The zero-order valence-electron chi connectivity index (χ0n) is 11.9. The fourth-order valence-electron chi connectivity index (χ4n) is 2.15. The molecule has 0 unspecified atom stereocenters. The molecule has 1 aromatic carbocycles. The first-order valence-electron chi connectivity index (χ1n) is 6.66. The van der Waals surface area contributed by atoms with Crippen LogP contribution >= 0.6 is 0 Å². The number of hydrogen-bond acceptors (Lipinski definition) is 7. The molecule has 1 aromatic heterocycles. The number of anilines is 3. The molecule has 0 bridgehead atoms. The summed E-state index contributed by atoms with van der Waals surface area (Å²) in [6.45, 7) is 4.85. The van der Waals surface area contributed by atoms with Crippen LogP contribution in [0.25, 0.3) is 0 Å². The first kappa shape index (κ1) is 13.4. The molecule has 0 spiro atoms. The van der Waals surface area contributed by atoms with E-state index >= 15 is 0 Å². The molecule has 3 rings (SSSR count). The highest BCUT2D eigenvalue weighted by Crippen LogP contribution is 2.34. The second kappa shape index (κ2) is 5.45. The number of aryl methyl sites for hydroxylation is 1. The predicted molar refractivity (Wildman–Crippen MR) is 80.0 cm³/mol. The van der Waals surface area contributed by atoms with Gasteiger partial charge in [-0.3, -0.25) is 0 Å². The normalized spacial score (nSPS) is 12.9. The highest BCUT2D eigenvalue weighted by atomic mass is 16.6. The maximum Gasteiger partial charge on any atom is 0.163 e. The van der Waals surface area contributed by atoms with Gasteiger partial charge in [-0.2, -0.15) is 0 Å². The number of rotatable bonds is 3. The van der Waals surface area contributed by atoms with Crippen LogP contribution < -0.4 is 26.1 Å². The van der Waals surface area contributed by atoms with Crippen LogP contribution in [0.1, 0.15) is 11.4 Å². The number of fused-ring (bicyclic) bond motifs is 1. The van der Waals surface area contributed by atoms with Gasteiger partial charge in [0.15, 0.2) is 11.5 Å². The summed E-state index contributed by atoms with van der Waals surface area (Å²) in [6.07, 6.45) is 0. The monoisotopic (exact) mass is 287 g/mol. The van der Waals surface area contributed by atoms with Gasteiger partial charge in [-0.15, -0.1) is 0 Å². The zero-order chi connectivity index (χ0) is 14.8. The average Bonchev–Trinajstić information content (AvgIpc) is 2.50. The van der Waals surface area contributed by atoms with E-state index in [0.717, 1.165) is 22.7 Å². The molecule has 0 amide bonds. The van der Waals surface area contributed by atoms with Crippen molar-refractivity contribution in [1.29, 1.82) is 0 Å². The molecular formula is C14H17N5O2. The minimum atomic E-state index is 0.559. The van der Waals surface area contributed by atoms with Crippen LogP contribution in [0, 0.1) is 13.8 Å². The molecule has 110 valence electrons. The molecule has 0 fully saturated rings. The Morgan fingerprint density at radius 2 is 1.76 bits per heavy atom. The van der Waals surface area contributed by atoms with Crippen LogP contribution in [0.5, 0.6) is 11.5 Å². The molecule has 0 saturated carbocycles. The molecular weight excluding hydrogens is 270 g/mol. The number of nitrogens with zero attached hydrogens (tertiary/aromatic N) is 2. The summed E-state index contributed by atoms with van der Waals surface area (Å²) in [7, 11) is 0. The Morgan fingerprint density at radius 1 is 1.05 bits per heavy atom. The number of aromatic nitrogens is 2. The Kier molecular flexibility index (Phi) is 3.49. The lowest BCUT2D eigenvalue weighted by molar-refractivity contribution is 0.171. The fourth-order valence-corrected chi connectivity index (χ4v) is 2.15. The Hall–Kier alpha value is -2.54. The minimum Gasteiger partial charge on any atom is -0.486 e. The van der Waals surface area contributed by atoms with Crippen molar-refractivity contribution in [1.82, 2.24) is 9.97 Å². The Balaban J connectivity index is 1.91. The van der Waals surface area contributed by atoms with Gasteiger partial charge in [-0.1, -0.05) is 0 Å². The van der Waals surface area contributed by atoms with Gasteiger partial charge in [0.2, 0.25) is 0 Å². The quantitative estimate of drug-likeness (QED) is 0.586. The molecule has 4 N–H and O–H groups in total. The van der Waals surface area contributed by atoms with Gasteiger partial charge in [0.1, 0.15) is 30.7 Å². The van der Waals surface area contributed by atoms with Crippen LogP contribution in [-0.4, -0.2) is 23.2 Å². The summed E-state index contributed by atoms with van der Waals surface area (Å²) in [5.41, 5.74) is 4.29. The highest BCUT2D eigenvalue weighted by molar-refractivity contribution is 5.66. The maximum absolute atomic E-state index is 5.57. The van der Waals surface area contributed by atoms with Crippen molar-refractivity contribution in [2.75, 3.05) is 24.0 Å². The largest absolute Gasteiger partial charge is 0.486 e. The fraction of sp³-hybridized carbons (Fsp3) is 0.286. The van der Waals surface area contributed by atoms with Gasteiger partial charge in [0, 0.05) is 17.3 Å². The summed E-state index contributed by atoms with van der Waals surface area (Å²) in [5, 5.41) is 3.26. The van der Waals surface area contributed by atoms with Gasteiger partial charge in [0.25, 0.3) is 0 Å². The van der Waals surface area contributed by atoms with Gasteiger partial charge in [-0.05, 0) is 26.0 Å². The van der Waals surface area contributed by atoms with E-state index in [0.29, 0.717) is 30.7 Å². The molecule has 21 heavy (non-hydrogen) atoms. The maximum atomic E-state index is 5.57. The summed E-state index contributed by atoms with van der Waals surface area (Å²) in [6, 6.07) is 5.68. The second-order valence-corrected chi connectivity index (χ2v) is 4.72. The number of nitrogens with two attached hydrogens (primary N) is 1. The van der Waals surface area contributed by atoms with E-state index in [4.69, 9.17) is 15.3 Å². The van der Waals surface area contributed by atoms with Gasteiger partial charge in [-0.25, -0.2) is 15.8 Å². The van der Waals surface area contributed by atoms with Crippen molar-refractivity contribution in [2.45, 2.75) is 13.8 Å². The molecule has 7 nitrogen and oxygen atoms in total. The number of nitrogens with one attached hydrogen (secondary N) is 2. The molecule has 2 heterocycles. The lowest BCUT2D eigenvalue weighted by atomic mass is 10.2. The van der Waals surface area contributed by atoms with E-state index in [1.807, 2.05) is 32.0 Å². The molecule has 0 aliphatic carbocycles. The van der Waals surface area contributed by atoms with E-state index in [1.54, 1.807) is 0 Å². The molecule has 1 aliphatic heterocycles. The predicted octanol–water partition coefficient (Wildman–Crippen LogP) is 1.89. The van der Waals surface area contributed by atoms with E-state index in [9.17, 15) is 0 Å². The van der Waals surface area contributed by atoms with E-state index in [2.05, 4.69) is 20.7 Å². The van der Waals surface area contributed by atoms with E-state index in [1.165, 1.54) is 0 Å². The average molecular weight is 287 g/mol. The smallest absolute Gasteiger partial charge is 0.163 e. The molecule has 1 aliphatic rings. The number of benzene rings is 1. The lowest BCUT2D eigenvalue weighted by Gasteiger charge is -2.19. The second-order valence-electron chi connectivity index (χ2n) is 4.72. The Bertz CT molecular complexity index is 675. The standard InChI is InChI=1S/C14H17N5O2/c1-8-13(16-9(2)17-14(8)19-15)18-10-3-4-11-12(7-10)21-6-5-20-11/h3-4,7H,5-6,15H2,1-2H3,(H2,16,17,18,19). The van der Waals surface area contributed by atoms with Crippen molar-refractivity contribution in [3.63, 3.8) is 0 Å². The Labute approximate surface area is 122 Å². The van der Waals surface area contributed by atoms with Crippen LogP contribution in [-0.2, 0) is 0 Å². The summed E-state index contributed by atoms with van der Waals surface area (Å²) in [4.78, 5) is 8.63. The van der Waals surface area contributed by atoms with Crippen LogP contribution in [0.4, 0.5) is 17.3 Å². The number of hydrazine groups is 1. The van der Waals surface area contributed by atoms with Crippen molar-refractivity contribution in [3.8, 4) is 11.5 Å². The van der Waals surface area contributed by atoms with Crippen molar-refractivity contribution in [2.24, 2.45) is 5.84 Å². The van der Waals surface area contributed by atoms with Crippen molar-refractivity contribution in [3.05, 3.63) is 29.6 Å². The third-order valence-corrected chi connectivity index (χ3v) is 3.20. The summed E-state index contributed by atoms with van der Waals surface area (Å²) >= 11 is 0. The summed E-state index contributed by atoms with van der Waals surface area (Å²) in [5.74, 6) is 8.89. The van der Waals surface area contributed by atoms with Crippen LogP contribution in [0.2, 0.25) is 0 Å². The van der Waals surface area contributed by atoms with Gasteiger partial charge in [0.05, 0.1) is 0 Å². The first-order valence-corrected chi connectivity index (χ1v) is 6.66. The van der Waals surface area contributed by atoms with Crippen molar-refractivity contribution >= 4 is 17.3 Å². The molecule has 0 saturated heterocycles. The molecule has 7 heteroatoms. The van der Waals surface area contributed by atoms with E-state index in [-0.39, 0.29) is 0 Å². The van der Waals surface area contributed by atoms with Gasteiger partial charge >= 0.3 is 0 Å². The number of nitrogen functional groups attached to an aromatic ring is 1. The Morgan fingerprint density at radius 3 is 2.52 bits per heavy atom. The zero-order valence-corrected chi connectivity index (χ0v) is 11.9. The third kappa shape index (κ3) is 2.68. The van der Waals surface area contributed by atoms with Crippen LogP contribution in [0.3, 0.4) is 0 Å². The van der Waals surface area contributed by atoms with Crippen LogP contribution in [0.15, 0.2) is 18.2 Å². The topological polar surface area (TPSA) is 94.3 Å². The molecule has 0 radical (unpaired) electrons. The lowest BCUT2D eigenvalue weighted by Crippen LogP contribution is -2.15. The summed E-state index contributed by atoms with van der Waals surface area (Å²) < 4.78 is 11.1. The first-order chi connectivity index (χ1) is 10.2. The molecule has 2 aromatic rings.